The van der Waals surface area contributed by atoms with Crippen LogP contribution >= 0.6 is 11.9 Å². The Morgan fingerprint density at radius 3 is 2.71 bits per heavy atom. The minimum absolute atomic E-state index is 0.0845. The normalized spacial score (nSPS) is 18.8. The Balaban J connectivity index is 1.34. The van der Waals surface area contributed by atoms with Crippen molar-refractivity contribution in [3.8, 4) is 23.0 Å². The summed E-state index contributed by atoms with van der Waals surface area (Å²) in [7, 11) is 0. The van der Waals surface area contributed by atoms with Gasteiger partial charge in [-0.05, 0) is 45.4 Å². The van der Waals surface area contributed by atoms with Gasteiger partial charge in [-0.3, -0.25) is 0 Å². The largest absolute Gasteiger partial charge is 0.476 e. The number of nitrogens with zero attached hydrogens (tertiary/aromatic N) is 6. The van der Waals surface area contributed by atoms with Crippen molar-refractivity contribution in [3.05, 3.63) is 66.5 Å². The minimum atomic E-state index is -4.49. The van der Waals surface area contributed by atoms with Gasteiger partial charge in [-0.25, -0.2) is 19.6 Å². The number of ether oxygens (including phenoxy) is 2. The Morgan fingerprint density at radius 1 is 1.08 bits per heavy atom. The average molecular weight is 705 g/mol. The summed E-state index contributed by atoms with van der Waals surface area (Å²) in [5.41, 5.74) is -2.18. The number of anilines is 2. The molecule has 2 N–H and O–H groups in total. The number of fused-ring (bicyclic) bond motifs is 6. The molecule has 262 valence electrons. The first kappa shape index (κ1) is 34.8. The van der Waals surface area contributed by atoms with Crippen LogP contribution in [0, 0.1) is 11.3 Å². The molecule has 2 aliphatic heterocycles. The molecule has 16 heteroatoms. The lowest BCUT2D eigenvalue weighted by molar-refractivity contribution is -0.219. The maximum absolute atomic E-state index is 16.0. The number of alkyl halides is 5. The third-order valence-electron chi connectivity index (χ3n) is 8.38. The zero-order valence-electron chi connectivity index (χ0n) is 27.0. The highest BCUT2D eigenvalue weighted by Gasteiger charge is 2.48. The predicted octanol–water partition coefficient (Wildman–Crippen LogP) is 6.74. The van der Waals surface area contributed by atoms with Gasteiger partial charge in [-0.2, -0.15) is 22.0 Å². The van der Waals surface area contributed by atoms with Crippen molar-refractivity contribution in [1.29, 1.82) is 0 Å². The molecule has 1 saturated heterocycles. The Kier molecular flexibility index (Phi) is 10.3. The van der Waals surface area contributed by atoms with Crippen molar-refractivity contribution in [2.24, 2.45) is 11.3 Å². The Morgan fingerprint density at radius 2 is 1.92 bits per heavy atom. The third-order valence-corrected chi connectivity index (χ3v) is 9.13. The van der Waals surface area contributed by atoms with Gasteiger partial charge in [0.2, 0.25) is 5.88 Å². The van der Waals surface area contributed by atoms with E-state index in [0.717, 1.165) is 39.2 Å². The molecule has 1 aromatic carbocycles. The highest BCUT2D eigenvalue weighted by molar-refractivity contribution is 8.00. The zero-order valence-corrected chi connectivity index (χ0v) is 27.8. The fourth-order valence-electron chi connectivity index (χ4n) is 5.44. The molecular formula is C33H37F5N8O2S. The molecule has 0 aliphatic carbocycles. The summed E-state index contributed by atoms with van der Waals surface area (Å²) in [4.78, 5) is 16.3. The van der Waals surface area contributed by atoms with E-state index in [-0.39, 0.29) is 34.3 Å². The van der Waals surface area contributed by atoms with Gasteiger partial charge in [-0.1, -0.05) is 30.3 Å². The van der Waals surface area contributed by atoms with Gasteiger partial charge in [-0.15, -0.1) is 5.10 Å². The maximum Gasteiger partial charge on any atom is 0.397 e. The van der Waals surface area contributed by atoms with Crippen LogP contribution in [0.25, 0.3) is 17.1 Å². The molecule has 6 rings (SSSR count). The van der Waals surface area contributed by atoms with Gasteiger partial charge >= 0.3 is 6.18 Å². The molecule has 0 radical (unpaired) electrons. The Labute approximate surface area is 285 Å². The number of hydrogen-bond acceptors (Lipinski definition) is 10. The van der Waals surface area contributed by atoms with E-state index in [0.29, 0.717) is 37.1 Å². The van der Waals surface area contributed by atoms with E-state index in [9.17, 15) is 13.2 Å². The lowest BCUT2D eigenvalue weighted by atomic mass is 9.94. The minimum Gasteiger partial charge on any atom is -0.476 e. The molecule has 1 fully saturated rings. The quantitative estimate of drug-likeness (QED) is 0.166. The molecule has 5 heterocycles. The van der Waals surface area contributed by atoms with Gasteiger partial charge < -0.3 is 24.4 Å². The number of pyridine rings is 1. The first-order valence-corrected chi connectivity index (χ1v) is 16.7. The van der Waals surface area contributed by atoms with Crippen LogP contribution in [0.3, 0.4) is 0 Å². The molecule has 1 atom stereocenters. The highest BCUT2D eigenvalue weighted by Crippen LogP contribution is 2.39. The number of halogens is 5. The van der Waals surface area contributed by atoms with Gasteiger partial charge in [0.15, 0.2) is 11.6 Å². The van der Waals surface area contributed by atoms with E-state index >= 15 is 8.78 Å². The van der Waals surface area contributed by atoms with Crippen LogP contribution in [0.2, 0.25) is 0 Å². The number of hydrogen-bond donors (Lipinski definition) is 2. The van der Waals surface area contributed by atoms with Crippen LogP contribution in [0.15, 0.2) is 66.0 Å². The van der Waals surface area contributed by atoms with Gasteiger partial charge in [0.05, 0.1) is 24.8 Å². The lowest BCUT2D eigenvalue weighted by Crippen LogP contribution is -2.37. The summed E-state index contributed by atoms with van der Waals surface area (Å²) in [5.74, 6) is -1.89. The van der Waals surface area contributed by atoms with Crippen LogP contribution in [0.1, 0.15) is 32.3 Å². The number of rotatable bonds is 6. The van der Waals surface area contributed by atoms with Crippen LogP contribution in [-0.4, -0.2) is 76.9 Å². The standard InChI is InChI=1S/C33H37F5N8O2S/c1-31(2,33(36,37)38)21-48-27-11-15-46(43-27)30-29-23-7-3-4-8-24(23)32(34,35)20-39-13-6-14-45(18-22-12-16-47-19-22)26-9-5-10-28(42-26)49-44-25(41-29)17-40-30/h3-5,7-11,15,17,22,39H,6,12-14,16,18-21H2,1-2H3,(H,41,44). The van der Waals surface area contributed by atoms with E-state index in [1.807, 2.05) is 18.2 Å². The Hall–Kier alpha value is -4.02. The summed E-state index contributed by atoms with van der Waals surface area (Å²) in [5, 5.41) is 7.87. The molecule has 1 unspecified atom stereocenters. The fraction of sp³-hybridized carbons (Fsp3) is 0.455. The first-order valence-electron chi connectivity index (χ1n) is 15.9. The summed E-state index contributed by atoms with van der Waals surface area (Å²) in [6.45, 7) is 3.90. The third kappa shape index (κ3) is 8.24. The highest BCUT2D eigenvalue weighted by atomic mass is 32.2. The topological polar surface area (TPSA) is 102 Å². The smallest absolute Gasteiger partial charge is 0.397 e. The molecule has 4 aromatic rings. The molecule has 0 spiro atoms. The van der Waals surface area contributed by atoms with Crippen molar-refractivity contribution in [3.63, 3.8) is 0 Å². The van der Waals surface area contributed by atoms with E-state index in [1.165, 1.54) is 53.3 Å². The van der Waals surface area contributed by atoms with Crippen LogP contribution in [0.4, 0.5) is 33.6 Å². The molecule has 4 bridgehead atoms. The second kappa shape index (κ2) is 14.5. The van der Waals surface area contributed by atoms with Crippen molar-refractivity contribution in [2.75, 3.05) is 55.6 Å². The number of aromatic nitrogens is 5. The van der Waals surface area contributed by atoms with Crippen LogP contribution in [-0.2, 0) is 10.7 Å². The SMILES string of the molecule is CC(C)(COc1ccn(-c2ncc3nc2-c2ccccc2C(F)(F)CNCCCN(CC2CCOC2)c2cccc(n2)SN3)n1)C(F)(F)F. The molecule has 3 aromatic heterocycles. The van der Waals surface area contributed by atoms with Gasteiger partial charge in [0.1, 0.15) is 23.1 Å². The van der Waals surface area contributed by atoms with Crippen molar-refractivity contribution >= 4 is 23.6 Å². The van der Waals surface area contributed by atoms with E-state index in [2.05, 4.69) is 25.0 Å². The summed E-state index contributed by atoms with van der Waals surface area (Å²) in [6, 6.07) is 13.1. The second-order valence-electron chi connectivity index (χ2n) is 12.7. The monoisotopic (exact) mass is 704 g/mol. The summed E-state index contributed by atoms with van der Waals surface area (Å²) in [6.07, 6.45) is -0.0630. The molecular weight excluding hydrogens is 667 g/mol. The van der Waals surface area contributed by atoms with Crippen LogP contribution < -0.4 is 19.7 Å². The summed E-state index contributed by atoms with van der Waals surface area (Å²) < 4.78 is 87.5. The van der Waals surface area contributed by atoms with E-state index in [1.54, 1.807) is 6.07 Å². The fourth-order valence-corrected chi connectivity index (χ4v) is 6.04. The first-order chi connectivity index (χ1) is 23.4. The lowest BCUT2D eigenvalue weighted by Gasteiger charge is -2.27. The van der Waals surface area contributed by atoms with Crippen molar-refractivity contribution in [2.45, 2.75) is 43.8 Å². The molecule has 2 aliphatic rings. The van der Waals surface area contributed by atoms with Gasteiger partial charge in [0, 0.05) is 61.0 Å². The van der Waals surface area contributed by atoms with Crippen LogP contribution in [0.5, 0.6) is 5.88 Å². The van der Waals surface area contributed by atoms with Crippen molar-refractivity contribution in [1.82, 2.24) is 30.0 Å². The maximum atomic E-state index is 16.0. The average Bonchev–Trinajstić information content (AvgIpc) is 3.78. The van der Waals surface area contributed by atoms with Crippen molar-refractivity contribution < 1.29 is 31.4 Å². The predicted molar refractivity (Wildman–Crippen MR) is 176 cm³/mol. The van der Waals surface area contributed by atoms with E-state index in [4.69, 9.17) is 19.4 Å². The van der Waals surface area contributed by atoms with Gasteiger partial charge in [0.25, 0.3) is 5.92 Å². The zero-order chi connectivity index (χ0) is 34.6. The second-order valence-corrected chi connectivity index (χ2v) is 13.5. The number of benzene rings is 1. The summed E-state index contributed by atoms with van der Waals surface area (Å²) >= 11 is 1.20. The Bertz CT molecular complexity index is 1730. The molecule has 49 heavy (non-hydrogen) atoms. The number of nitrogens with one attached hydrogen (secondary N) is 2. The molecule has 10 nitrogen and oxygen atoms in total. The van der Waals surface area contributed by atoms with E-state index < -0.39 is 30.7 Å². The molecule has 0 amide bonds. The molecule has 0 saturated carbocycles.